The van der Waals surface area contributed by atoms with Crippen molar-refractivity contribution in [2.45, 2.75) is 128 Å². The van der Waals surface area contributed by atoms with Gasteiger partial charge in [0, 0.05) is 118 Å². The summed E-state index contributed by atoms with van der Waals surface area (Å²) in [4.78, 5) is 172. The van der Waals surface area contributed by atoms with Crippen LogP contribution >= 0.6 is 0 Å². The quantitative estimate of drug-likeness (QED) is 0.0236. The molecule has 0 saturated heterocycles. The average Bonchev–Trinajstić information content (AvgIpc) is 1.63. The van der Waals surface area contributed by atoms with Crippen LogP contribution in [-0.4, -0.2) is 242 Å². The lowest BCUT2D eigenvalue weighted by Gasteiger charge is -2.25. The minimum absolute atomic E-state index is 0.00115. The van der Waals surface area contributed by atoms with Crippen LogP contribution in [0, 0.1) is 0 Å². The standard InChI is InChI=1S/C63H108N14O17/c1-6-43-91-60(87)70-31-21-11-16-26-56(83)74(47-52(79)65-5)40-36-67-54(81)49-76(58(85)28-18-13-23-33-72-62(89)93-45-8-3)42-38-69-55(82)50-77(59(86)29-19-14-24-34-73-63(90)94-46-9-4)41-37-68-53(80)48-75(39-35-66-51(78)25-15-10-20-30-64)57(84)27-17-12-22-32-71-61(88)92-44-7-2/h6-9H,1-4,10-50,64H2,5H3,(H,65,79)(H,66,78)(H,67,81)(H,68,80)(H,69,82)(H,70,87)(H,71,88)(H,72,89)(H,73,90). The molecule has 13 amide bonds. The maximum atomic E-state index is 13.8. The molecule has 0 heterocycles. The average molecular weight is 1330 g/mol. The molecule has 532 valence electrons. The van der Waals surface area contributed by atoms with E-state index < -0.39 is 72.9 Å². The highest BCUT2D eigenvalue weighted by molar-refractivity contribution is 5.88. The third kappa shape index (κ3) is 48.9. The smallest absolute Gasteiger partial charge is 0.407 e. The fraction of sp³-hybridized carbons (Fsp3) is 0.667. The second-order valence-electron chi connectivity index (χ2n) is 21.4. The Morgan fingerprint density at radius 2 is 0.553 bits per heavy atom. The molecule has 94 heavy (non-hydrogen) atoms. The molecule has 0 atom stereocenters. The van der Waals surface area contributed by atoms with Crippen LogP contribution in [0.25, 0.3) is 0 Å². The summed E-state index contributed by atoms with van der Waals surface area (Å²) in [6.45, 7) is 13.8. The van der Waals surface area contributed by atoms with E-state index in [4.69, 9.17) is 24.7 Å². The fourth-order valence-corrected chi connectivity index (χ4v) is 8.57. The molecule has 0 rings (SSSR count). The lowest BCUT2D eigenvalue weighted by atomic mass is 10.1. The van der Waals surface area contributed by atoms with Gasteiger partial charge in [-0.25, -0.2) is 19.2 Å². The second-order valence-corrected chi connectivity index (χ2v) is 21.4. The van der Waals surface area contributed by atoms with E-state index in [9.17, 15) is 62.3 Å². The van der Waals surface area contributed by atoms with E-state index >= 15 is 0 Å². The van der Waals surface area contributed by atoms with Gasteiger partial charge in [0.25, 0.3) is 0 Å². The van der Waals surface area contributed by atoms with E-state index in [1.807, 2.05) is 0 Å². The summed E-state index contributed by atoms with van der Waals surface area (Å²) in [5, 5.41) is 23.9. The molecule has 0 aromatic rings. The predicted octanol–water partition coefficient (Wildman–Crippen LogP) is 1.92. The Morgan fingerprint density at radius 1 is 0.309 bits per heavy atom. The van der Waals surface area contributed by atoms with Crippen molar-refractivity contribution in [2.75, 3.05) is 145 Å². The van der Waals surface area contributed by atoms with Gasteiger partial charge in [0.2, 0.25) is 53.2 Å². The van der Waals surface area contributed by atoms with Crippen molar-refractivity contribution >= 4 is 77.5 Å². The number of rotatable bonds is 57. The zero-order chi connectivity index (χ0) is 69.8. The van der Waals surface area contributed by atoms with Crippen LogP contribution in [0.5, 0.6) is 0 Å². The van der Waals surface area contributed by atoms with Crippen LogP contribution < -0.4 is 53.6 Å². The van der Waals surface area contributed by atoms with Crippen LogP contribution in [0.2, 0.25) is 0 Å². The number of carbonyl (C=O) groups is 13. The van der Waals surface area contributed by atoms with Crippen LogP contribution in [0.3, 0.4) is 0 Å². The van der Waals surface area contributed by atoms with Gasteiger partial charge in [-0.15, -0.1) is 0 Å². The third-order valence-electron chi connectivity index (χ3n) is 13.6. The Labute approximate surface area is 553 Å². The number of hydrogen-bond acceptors (Lipinski definition) is 18. The maximum absolute atomic E-state index is 13.8. The van der Waals surface area contributed by atoms with E-state index in [0.29, 0.717) is 103 Å². The molecular formula is C63H108N14O17. The molecule has 0 saturated carbocycles. The summed E-state index contributed by atoms with van der Waals surface area (Å²) >= 11 is 0. The van der Waals surface area contributed by atoms with Gasteiger partial charge in [0.1, 0.15) is 26.4 Å². The summed E-state index contributed by atoms with van der Waals surface area (Å²) in [5.41, 5.74) is 5.57. The summed E-state index contributed by atoms with van der Waals surface area (Å²) in [6.07, 6.45) is 12.1. The Balaban J connectivity index is 6.19. The highest BCUT2D eigenvalue weighted by Gasteiger charge is 2.23. The predicted molar refractivity (Wildman–Crippen MR) is 352 cm³/mol. The molecular weight excluding hydrogens is 1220 g/mol. The molecule has 0 aromatic heterocycles. The van der Waals surface area contributed by atoms with Crippen molar-refractivity contribution < 1.29 is 81.3 Å². The number of likely N-dealkylation sites (N-methyl/N-ethyl adjacent to an activating group) is 1. The number of alkyl carbamates (subject to hydrolysis) is 4. The van der Waals surface area contributed by atoms with Crippen molar-refractivity contribution in [3.05, 3.63) is 50.6 Å². The molecule has 0 fully saturated rings. The topological polar surface area (TPSA) is 406 Å². The molecule has 0 aliphatic heterocycles. The molecule has 0 unspecified atom stereocenters. The zero-order valence-electron chi connectivity index (χ0n) is 55.4. The monoisotopic (exact) mass is 1330 g/mol. The Kier molecular flexibility index (Phi) is 52.7. The SMILES string of the molecule is C=CCOC(=O)NCCCCCC(=O)N(CCNC(=O)CN(CCNC(=O)CN(CCNC(=O)CN(CCNC(=O)CCCCCN)C(=O)CCCCCNC(=O)OCC=C)C(=O)CCCCCNC(=O)OCC=C)C(=O)CCCCCNC(=O)OCC=C)CC(=O)NC. The van der Waals surface area contributed by atoms with Crippen molar-refractivity contribution in [2.24, 2.45) is 5.73 Å². The van der Waals surface area contributed by atoms with Gasteiger partial charge in [-0.05, 0) is 70.8 Å². The number of hydrogen-bond donors (Lipinski definition) is 10. The van der Waals surface area contributed by atoms with Gasteiger partial charge in [0.05, 0.1) is 26.2 Å². The number of carbonyl (C=O) groups excluding carboxylic acids is 13. The Morgan fingerprint density at radius 3 is 0.809 bits per heavy atom. The van der Waals surface area contributed by atoms with E-state index in [1.54, 1.807) is 0 Å². The summed E-state index contributed by atoms with van der Waals surface area (Å²) in [7, 11) is 1.43. The number of unbranched alkanes of at least 4 members (excludes halogenated alkanes) is 10. The van der Waals surface area contributed by atoms with Gasteiger partial charge in [-0.3, -0.25) is 43.2 Å². The molecule has 0 aliphatic carbocycles. The second kappa shape index (κ2) is 58.1. The fourth-order valence-electron chi connectivity index (χ4n) is 8.57. The highest BCUT2D eigenvalue weighted by Crippen LogP contribution is 2.09. The zero-order valence-corrected chi connectivity index (χ0v) is 55.4. The van der Waals surface area contributed by atoms with Crippen molar-refractivity contribution in [3.8, 4) is 0 Å². The summed E-state index contributed by atoms with van der Waals surface area (Å²) < 4.78 is 19.6. The van der Waals surface area contributed by atoms with Crippen LogP contribution in [0.4, 0.5) is 19.2 Å². The normalized spacial score (nSPS) is 10.4. The Bertz CT molecular complexity index is 2330. The number of amides is 13. The Hall–Kier alpha value is -8.77. The molecule has 0 spiro atoms. The first-order chi connectivity index (χ1) is 45.3. The minimum atomic E-state index is -0.624. The van der Waals surface area contributed by atoms with Gasteiger partial charge >= 0.3 is 24.4 Å². The number of nitrogens with two attached hydrogens (primary N) is 1. The first-order valence-electron chi connectivity index (χ1n) is 32.5. The number of nitrogens with one attached hydrogen (secondary N) is 9. The third-order valence-corrected chi connectivity index (χ3v) is 13.6. The van der Waals surface area contributed by atoms with Gasteiger partial charge in [0.15, 0.2) is 0 Å². The summed E-state index contributed by atoms with van der Waals surface area (Å²) in [6, 6.07) is 0. The molecule has 0 bridgehead atoms. The van der Waals surface area contributed by atoms with Gasteiger partial charge in [-0.1, -0.05) is 82.7 Å². The highest BCUT2D eigenvalue weighted by atomic mass is 16.6. The van der Waals surface area contributed by atoms with E-state index in [0.717, 1.165) is 12.8 Å². The largest absolute Gasteiger partial charge is 0.445 e. The van der Waals surface area contributed by atoms with E-state index in [1.165, 1.54) is 51.0 Å². The van der Waals surface area contributed by atoms with Crippen LogP contribution in [0.15, 0.2) is 50.6 Å². The summed E-state index contributed by atoms with van der Waals surface area (Å²) in [5.74, 6) is -3.96. The van der Waals surface area contributed by atoms with Crippen molar-refractivity contribution in [1.29, 1.82) is 0 Å². The number of ether oxygens (including phenoxy) is 4. The van der Waals surface area contributed by atoms with Crippen LogP contribution in [0.1, 0.15) is 128 Å². The van der Waals surface area contributed by atoms with Crippen molar-refractivity contribution in [3.63, 3.8) is 0 Å². The lowest BCUT2D eigenvalue weighted by molar-refractivity contribution is -0.137. The van der Waals surface area contributed by atoms with Crippen LogP contribution in [-0.2, 0) is 62.1 Å². The first kappa shape index (κ1) is 85.2. The molecule has 11 N–H and O–H groups in total. The van der Waals surface area contributed by atoms with Gasteiger partial charge in [-0.2, -0.15) is 0 Å². The molecule has 31 nitrogen and oxygen atoms in total. The first-order valence-corrected chi connectivity index (χ1v) is 32.5. The van der Waals surface area contributed by atoms with E-state index in [-0.39, 0.29) is 155 Å². The number of nitrogens with zero attached hydrogens (tertiary/aromatic N) is 4. The van der Waals surface area contributed by atoms with Gasteiger partial charge < -0.3 is 92.1 Å². The minimum Gasteiger partial charge on any atom is -0.445 e. The maximum Gasteiger partial charge on any atom is 0.407 e. The van der Waals surface area contributed by atoms with Crippen molar-refractivity contribution in [1.82, 2.24) is 67.5 Å². The molecule has 0 aromatic carbocycles. The molecule has 31 heteroatoms. The van der Waals surface area contributed by atoms with E-state index in [2.05, 4.69) is 74.2 Å². The molecule has 0 radical (unpaired) electrons. The lowest BCUT2D eigenvalue weighted by Crippen LogP contribution is -2.48. The molecule has 0 aliphatic rings.